The first kappa shape index (κ1) is 45.8. The van der Waals surface area contributed by atoms with Gasteiger partial charge in [0.15, 0.2) is 15.7 Å². The van der Waals surface area contributed by atoms with Crippen LogP contribution in [0.5, 0.6) is 5.75 Å². The molecular formula is C48H59ClN10O6S. The third-order valence-electron chi connectivity index (χ3n) is 13.9. The minimum absolute atomic E-state index is 0.0651. The zero-order chi connectivity index (χ0) is 46.4. The number of nitrogens with one attached hydrogen (secondary N) is 3. The Morgan fingerprint density at radius 2 is 1.62 bits per heavy atom. The van der Waals surface area contributed by atoms with Crippen LogP contribution in [-0.4, -0.2) is 125 Å². The number of likely N-dealkylation sites (tertiary alicyclic amines) is 2. The number of rotatable bonds is 13. The van der Waals surface area contributed by atoms with Gasteiger partial charge in [0.1, 0.15) is 27.5 Å². The van der Waals surface area contributed by atoms with Crippen LogP contribution in [0.2, 0.25) is 5.02 Å². The number of carbonyl (C=O) groups is 3. The second-order valence-electron chi connectivity index (χ2n) is 18.8. The van der Waals surface area contributed by atoms with Gasteiger partial charge in [0.25, 0.3) is 5.91 Å². The normalized spacial score (nSPS) is 20.5. The molecule has 0 bridgehead atoms. The van der Waals surface area contributed by atoms with Gasteiger partial charge in [0.2, 0.25) is 17.8 Å². The standard InChI is InChI=1S/C48H59ClN10O6S/c1-28(2)65-41-23-37(30(5)21-39(41)52-48-51-24-38(49)44(55-48)54-45-42(7-6-16-50-45)66(63,64)29(3)4)31-12-17-57(18-13-31)35-26-58(27-35)33-14-19-56(20-15-33)34-8-9-36-32(22-34)25-59(47(36)62)40-10-11-43(60)53-46(40)61/h6-9,16,21-24,28-29,31,33,35,40H,10-15,17-20,25-27H2,1-5H3,(H,53,60,61)(H2,50,51,52,54,55). The molecule has 66 heavy (non-hydrogen) atoms. The summed E-state index contributed by atoms with van der Waals surface area (Å²) in [5.74, 6) is 0.929. The lowest BCUT2D eigenvalue weighted by Crippen LogP contribution is -2.64. The third-order valence-corrected chi connectivity index (χ3v) is 16.3. The number of carbonyl (C=O) groups excluding carboxylic acids is 3. The third kappa shape index (κ3) is 9.31. The molecule has 4 aromatic rings. The van der Waals surface area contributed by atoms with E-state index in [1.54, 1.807) is 24.8 Å². The van der Waals surface area contributed by atoms with Crippen molar-refractivity contribution < 1.29 is 27.5 Å². The number of benzene rings is 2. The average Bonchev–Trinajstić information content (AvgIpc) is 3.60. The Labute approximate surface area is 391 Å². The Morgan fingerprint density at radius 3 is 2.33 bits per heavy atom. The Morgan fingerprint density at radius 1 is 0.864 bits per heavy atom. The predicted molar refractivity (Wildman–Crippen MR) is 254 cm³/mol. The largest absolute Gasteiger partial charge is 0.489 e. The van der Waals surface area contributed by atoms with Gasteiger partial charge in [-0.1, -0.05) is 11.6 Å². The molecule has 0 spiro atoms. The van der Waals surface area contributed by atoms with Crippen molar-refractivity contribution in [3.8, 4) is 5.75 Å². The Hall–Kier alpha value is -5.36. The molecule has 0 aliphatic carbocycles. The number of halogens is 1. The Kier molecular flexibility index (Phi) is 13.0. The molecule has 350 valence electrons. The molecule has 0 radical (unpaired) electrons. The number of ether oxygens (including phenoxy) is 1. The Balaban J connectivity index is 0.776. The van der Waals surface area contributed by atoms with E-state index < -0.39 is 21.1 Å². The molecule has 3 N–H and O–H groups in total. The summed E-state index contributed by atoms with van der Waals surface area (Å²) in [6, 6.07) is 13.9. The van der Waals surface area contributed by atoms with E-state index in [9.17, 15) is 22.8 Å². The van der Waals surface area contributed by atoms with Crippen LogP contribution >= 0.6 is 11.6 Å². The van der Waals surface area contributed by atoms with E-state index >= 15 is 0 Å². The first-order chi connectivity index (χ1) is 31.6. The summed E-state index contributed by atoms with van der Waals surface area (Å²) in [7, 11) is -3.63. The van der Waals surface area contributed by atoms with Crippen LogP contribution in [-0.2, 0) is 26.0 Å². The van der Waals surface area contributed by atoms with Gasteiger partial charge in [0.05, 0.1) is 23.2 Å². The minimum Gasteiger partial charge on any atom is -0.489 e. The molecule has 1 atom stereocenters. The van der Waals surface area contributed by atoms with Crippen molar-refractivity contribution in [1.82, 2.24) is 35.0 Å². The molecule has 4 fully saturated rings. The second-order valence-corrected chi connectivity index (χ2v) is 21.7. The number of anilines is 5. The van der Waals surface area contributed by atoms with Gasteiger partial charge in [-0.3, -0.25) is 29.5 Å². The van der Waals surface area contributed by atoms with Crippen molar-refractivity contribution in [2.75, 3.05) is 54.8 Å². The number of hydrogen-bond donors (Lipinski definition) is 3. The predicted octanol–water partition coefficient (Wildman–Crippen LogP) is 6.58. The van der Waals surface area contributed by atoms with E-state index in [4.69, 9.17) is 16.3 Å². The number of aromatic nitrogens is 3. The van der Waals surface area contributed by atoms with Crippen LogP contribution in [0.25, 0.3) is 0 Å². The summed E-state index contributed by atoms with van der Waals surface area (Å²) in [4.78, 5) is 60.2. The summed E-state index contributed by atoms with van der Waals surface area (Å²) in [5.41, 5.74) is 5.88. The van der Waals surface area contributed by atoms with Crippen LogP contribution in [0.1, 0.15) is 99.2 Å². The molecular weight excluding hydrogens is 880 g/mol. The summed E-state index contributed by atoms with van der Waals surface area (Å²) in [5, 5.41) is 8.32. The molecule has 16 nitrogen and oxygen atoms in total. The maximum Gasteiger partial charge on any atom is 0.255 e. The lowest BCUT2D eigenvalue weighted by Gasteiger charge is -2.52. The van der Waals surface area contributed by atoms with Crippen LogP contribution in [0.4, 0.5) is 29.0 Å². The average molecular weight is 940 g/mol. The highest BCUT2D eigenvalue weighted by molar-refractivity contribution is 7.92. The molecule has 4 saturated heterocycles. The summed E-state index contributed by atoms with van der Waals surface area (Å²) in [6.45, 7) is 16.0. The highest BCUT2D eigenvalue weighted by Crippen LogP contribution is 2.40. The van der Waals surface area contributed by atoms with Crippen LogP contribution < -0.4 is 25.6 Å². The SMILES string of the molecule is Cc1cc(Nc2ncc(Cl)c(Nc3ncccc3S(=O)(=O)C(C)C)n2)c(OC(C)C)cc1C1CCN(C2CN(C3CCN(c4ccc5c(c4)CN(C4CCC(=O)NC4=O)C5=O)CC3)C2)CC1. The molecule has 5 aliphatic heterocycles. The van der Waals surface area contributed by atoms with E-state index in [0.29, 0.717) is 42.3 Å². The lowest BCUT2D eigenvalue weighted by molar-refractivity contribution is -0.136. The van der Waals surface area contributed by atoms with Crippen molar-refractivity contribution in [2.24, 2.45) is 0 Å². The van der Waals surface area contributed by atoms with Crippen molar-refractivity contribution in [2.45, 2.75) is 120 Å². The molecule has 2 aromatic carbocycles. The number of piperidine rings is 3. The van der Waals surface area contributed by atoms with Gasteiger partial charge in [-0.25, -0.2) is 18.4 Å². The minimum atomic E-state index is -3.63. The number of nitrogens with zero attached hydrogens (tertiary/aromatic N) is 7. The van der Waals surface area contributed by atoms with Gasteiger partial charge in [-0.05, 0) is 145 Å². The maximum absolute atomic E-state index is 13.2. The topological polar surface area (TPSA) is 182 Å². The molecule has 9 rings (SSSR count). The second kappa shape index (κ2) is 18.7. The number of aryl methyl sites for hydroxylation is 1. The molecule has 3 amide bonds. The van der Waals surface area contributed by atoms with Gasteiger partial charge < -0.3 is 25.2 Å². The highest BCUT2D eigenvalue weighted by Gasteiger charge is 2.41. The van der Waals surface area contributed by atoms with E-state index in [1.165, 1.54) is 24.0 Å². The van der Waals surface area contributed by atoms with Crippen LogP contribution in [0.3, 0.4) is 0 Å². The highest BCUT2D eigenvalue weighted by atomic mass is 35.5. The first-order valence-corrected chi connectivity index (χ1v) is 25.1. The van der Waals surface area contributed by atoms with E-state index in [-0.39, 0.29) is 57.7 Å². The van der Waals surface area contributed by atoms with Crippen molar-refractivity contribution in [3.05, 3.63) is 82.1 Å². The van der Waals surface area contributed by atoms with Gasteiger partial charge >= 0.3 is 0 Å². The number of imide groups is 1. The number of hydrogen-bond acceptors (Lipinski definition) is 14. The molecule has 7 heterocycles. The van der Waals surface area contributed by atoms with Gasteiger partial charge in [-0.2, -0.15) is 4.98 Å². The lowest BCUT2D eigenvalue weighted by atomic mass is 9.85. The summed E-state index contributed by atoms with van der Waals surface area (Å²) in [6.07, 6.45) is 7.84. The fraction of sp³-hybridized carbons (Fsp3) is 0.500. The van der Waals surface area contributed by atoms with E-state index in [0.717, 1.165) is 87.5 Å². The quantitative estimate of drug-likeness (QED) is 0.122. The molecule has 2 aromatic heterocycles. The van der Waals surface area contributed by atoms with Gasteiger partial charge in [-0.15, -0.1) is 0 Å². The zero-order valence-corrected chi connectivity index (χ0v) is 39.8. The summed E-state index contributed by atoms with van der Waals surface area (Å²) >= 11 is 6.51. The number of amides is 3. The van der Waals surface area contributed by atoms with Crippen molar-refractivity contribution in [1.29, 1.82) is 0 Å². The Bertz CT molecular complexity index is 2630. The molecule has 1 unspecified atom stereocenters. The van der Waals surface area contributed by atoms with Crippen molar-refractivity contribution >= 4 is 68.1 Å². The molecule has 18 heteroatoms. The zero-order valence-electron chi connectivity index (χ0n) is 38.2. The fourth-order valence-electron chi connectivity index (χ4n) is 10.1. The van der Waals surface area contributed by atoms with Crippen LogP contribution in [0, 0.1) is 6.92 Å². The maximum atomic E-state index is 13.2. The smallest absolute Gasteiger partial charge is 0.255 e. The van der Waals surface area contributed by atoms with Crippen LogP contribution in [0.15, 0.2) is 59.8 Å². The monoisotopic (exact) mass is 938 g/mol. The number of fused-ring (bicyclic) bond motifs is 1. The van der Waals surface area contributed by atoms with Gasteiger partial charge in [0, 0.05) is 68.7 Å². The molecule has 0 saturated carbocycles. The van der Waals surface area contributed by atoms with Crippen molar-refractivity contribution in [3.63, 3.8) is 0 Å². The van der Waals surface area contributed by atoms with E-state index in [1.807, 2.05) is 26.0 Å². The number of pyridine rings is 1. The first-order valence-electron chi connectivity index (χ1n) is 23.2. The number of sulfone groups is 1. The summed E-state index contributed by atoms with van der Waals surface area (Å²) < 4.78 is 32.5. The molecule has 5 aliphatic rings. The van der Waals surface area contributed by atoms with E-state index in [2.05, 4.69) is 70.7 Å². The fourth-order valence-corrected chi connectivity index (χ4v) is 11.4.